The lowest BCUT2D eigenvalue weighted by Gasteiger charge is -2.38. The van der Waals surface area contributed by atoms with Crippen LogP contribution in [0.25, 0.3) is 0 Å². The van der Waals surface area contributed by atoms with Gasteiger partial charge in [0.1, 0.15) is 0 Å². The molecule has 17 heavy (non-hydrogen) atoms. The third-order valence-electron chi connectivity index (χ3n) is 3.04. The zero-order valence-corrected chi connectivity index (χ0v) is 11.8. The van der Waals surface area contributed by atoms with Crippen LogP contribution in [0.2, 0.25) is 0 Å². The zero-order chi connectivity index (χ0) is 12.9. The molecule has 1 saturated heterocycles. The smallest absolute Gasteiger partial charge is 0.211 e. The lowest BCUT2D eigenvalue weighted by atomic mass is 9.89. The Bertz CT molecular complexity index is 326. The molecule has 0 unspecified atom stereocenters. The van der Waals surface area contributed by atoms with Crippen LogP contribution >= 0.6 is 0 Å². The summed E-state index contributed by atoms with van der Waals surface area (Å²) >= 11 is 0. The van der Waals surface area contributed by atoms with Crippen LogP contribution in [-0.2, 0) is 14.8 Å². The summed E-state index contributed by atoms with van der Waals surface area (Å²) in [7, 11) is -3.04. The third kappa shape index (κ3) is 4.91. The van der Waals surface area contributed by atoms with Crippen molar-refractivity contribution in [3.63, 3.8) is 0 Å². The Morgan fingerprint density at radius 1 is 1.41 bits per heavy atom. The molecule has 0 radical (unpaired) electrons. The molecule has 1 N–H and O–H groups in total. The van der Waals surface area contributed by atoms with Gasteiger partial charge in [0, 0.05) is 25.0 Å². The monoisotopic (exact) mass is 264 g/mol. The fourth-order valence-corrected chi connectivity index (χ4v) is 2.81. The zero-order valence-electron chi connectivity index (χ0n) is 11.0. The van der Waals surface area contributed by atoms with E-state index < -0.39 is 10.0 Å². The summed E-state index contributed by atoms with van der Waals surface area (Å²) in [6, 6.07) is 0. The minimum Gasteiger partial charge on any atom is -0.380 e. The normalized spacial score (nSPS) is 19.3. The molecule has 0 atom stereocenters. The highest BCUT2D eigenvalue weighted by Gasteiger charge is 2.32. The number of nitrogens with one attached hydrogen (secondary N) is 1. The fourth-order valence-electron chi connectivity index (χ4n) is 1.88. The molecule has 0 aromatic rings. The van der Waals surface area contributed by atoms with Crippen molar-refractivity contribution < 1.29 is 13.2 Å². The molecule has 1 rings (SSSR count). The van der Waals surface area contributed by atoms with E-state index in [1.165, 1.54) is 10.6 Å². The van der Waals surface area contributed by atoms with Gasteiger partial charge in [-0.2, -0.15) is 0 Å². The van der Waals surface area contributed by atoms with Gasteiger partial charge in [0.05, 0.1) is 19.5 Å². The summed E-state index contributed by atoms with van der Waals surface area (Å²) in [6.45, 7) is 8.63. The van der Waals surface area contributed by atoms with Crippen LogP contribution < -0.4 is 5.32 Å². The molecular weight excluding hydrogens is 240 g/mol. The van der Waals surface area contributed by atoms with E-state index in [4.69, 9.17) is 4.74 Å². The molecule has 0 saturated carbocycles. The molecule has 0 aromatic heterocycles. The highest BCUT2D eigenvalue weighted by Crippen LogP contribution is 2.24. The van der Waals surface area contributed by atoms with E-state index in [-0.39, 0.29) is 5.41 Å². The predicted molar refractivity (Wildman–Crippen MR) is 68.5 cm³/mol. The maximum atomic E-state index is 11.3. The van der Waals surface area contributed by atoms with Gasteiger partial charge >= 0.3 is 0 Å². The topological polar surface area (TPSA) is 58.6 Å². The third-order valence-corrected chi connectivity index (χ3v) is 4.41. The van der Waals surface area contributed by atoms with Gasteiger partial charge in [-0.15, -0.1) is 0 Å². The average Bonchev–Trinajstić information content (AvgIpc) is 2.18. The first-order valence-electron chi connectivity index (χ1n) is 6.11. The molecule has 0 bridgehead atoms. The highest BCUT2D eigenvalue weighted by atomic mass is 32.2. The lowest BCUT2D eigenvalue weighted by Crippen LogP contribution is -2.47. The Labute approximate surface area is 105 Å². The number of nitrogens with zero attached hydrogens (tertiary/aromatic N) is 1. The molecule has 1 aliphatic heterocycles. The summed E-state index contributed by atoms with van der Waals surface area (Å²) in [5.41, 5.74) is 0.279. The van der Waals surface area contributed by atoms with E-state index in [1.807, 2.05) is 6.92 Å². The molecule has 5 nitrogen and oxygen atoms in total. The average molecular weight is 264 g/mol. The van der Waals surface area contributed by atoms with Crippen LogP contribution in [0.1, 0.15) is 20.3 Å². The minimum absolute atomic E-state index is 0.279. The number of hydrogen-bond donors (Lipinski definition) is 1. The molecule has 0 aromatic carbocycles. The van der Waals surface area contributed by atoms with Gasteiger partial charge in [-0.25, -0.2) is 12.7 Å². The van der Waals surface area contributed by atoms with Crippen molar-refractivity contribution in [1.82, 2.24) is 9.62 Å². The van der Waals surface area contributed by atoms with E-state index in [2.05, 4.69) is 12.2 Å². The van der Waals surface area contributed by atoms with E-state index in [0.717, 1.165) is 32.7 Å². The molecule has 6 heteroatoms. The van der Waals surface area contributed by atoms with Crippen LogP contribution in [0.5, 0.6) is 0 Å². The minimum atomic E-state index is -3.04. The van der Waals surface area contributed by atoms with Gasteiger partial charge in [-0.3, -0.25) is 0 Å². The Hall–Kier alpha value is -0.170. The Kier molecular flexibility index (Phi) is 5.37. The second-order valence-electron chi connectivity index (χ2n) is 5.09. The first kappa shape index (κ1) is 14.9. The van der Waals surface area contributed by atoms with Crippen molar-refractivity contribution >= 4 is 10.0 Å². The highest BCUT2D eigenvalue weighted by molar-refractivity contribution is 7.88. The SMILES string of the molecule is CCN(CCCNCC1(C)COC1)S(C)(=O)=O. The number of rotatable bonds is 8. The molecule has 0 spiro atoms. The van der Waals surface area contributed by atoms with Gasteiger partial charge in [-0.1, -0.05) is 13.8 Å². The molecule has 1 heterocycles. The second kappa shape index (κ2) is 6.13. The maximum absolute atomic E-state index is 11.3. The van der Waals surface area contributed by atoms with Gasteiger partial charge in [0.2, 0.25) is 10.0 Å². The fraction of sp³-hybridized carbons (Fsp3) is 1.00. The van der Waals surface area contributed by atoms with Crippen molar-refractivity contribution in [2.24, 2.45) is 5.41 Å². The van der Waals surface area contributed by atoms with E-state index in [9.17, 15) is 8.42 Å². The molecule has 1 aliphatic rings. The van der Waals surface area contributed by atoms with Gasteiger partial charge in [-0.05, 0) is 13.0 Å². The van der Waals surface area contributed by atoms with E-state index >= 15 is 0 Å². The van der Waals surface area contributed by atoms with Crippen LogP contribution in [0, 0.1) is 5.41 Å². The summed E-state index contributed by atoms with van der Waals surface area (Å²) in [6.07, 6.45) is 2.11. The number of sulfonamides is 1. The quantitative estimate of drug-likeness (QED) is 0.640. The van der Waals surface area contributed by atoms with Gasteiger partial charge in [0.15, 0.2) is 0 Å². The first-order chi connectivity index (χ1) is 7.87. The maximum Gasteiger partial charge on any atom is 0.211 e. The van der Waals surface area contributed by atoms with Crippen molar-refractivity contribution in [3.05, 3.63) is 0 Å². The number of ether oxygens (including phenoxy) is 1. The van der Waals surface area contributed by atoms with Gasteiger partial charge in [0.25, 0.3) is 0 Å². The number of hydrogen-bond acceptors (Lipinski definition) is 4. The van der Waals surface area contributed by atoms with Crippen molar-refractivity contribution in [2.45, 2.75) is 20.3 Å². The van der Waals surface area contributed by atoms with Crippen molar-refractivity contribution in [1.29, 1.82) is 0 Å². The first-order valence-corrected chi connectivity index (χ1v) is 7.96. The second-order valence-corrected chi connectivity index (χ2v) is 7.07. The van der Waals surface area contributed by atoms with Crippen molar-refractivity contribution in [3.8, 4) is 0 Å². The largest absolute Gasteiger partial charge is 0.380 e. The molecule has 0 amide bonds. The lowest BCUT2D eigenvalue weighted by molar-refractivity contribution is -0.0989. The Morgan fingerprint density at radius 2 is 2.06 bits per heavy atom. The van der Waals surface area contributed by atoms with Crippen LogP contribution in [0.3, 0.4) is 0 Å². The summed E-state index contributed by atoms with van der Waals surface area (Å²) < 4.78 is 29.3. The molecule has 0 aliphatic carbocycles. The molecule has 102 valence electrons. The molecule has 1 fully saturated rings. The Balaban J connectivity index is 2.11. The van der Waals surface area contributed by atoms with Crippen LogP contribution in [-0.4, -0.2) is 58.4 Å². The Morgan fingerprint density at radius 3 is 2.47 bits per heavy atom. The van der Waals surface area contributed by atoms with E-state index in [1.54, 1.807) is 0 Å². The van der Waals surface area contributed by atoms with Crippen LogP contribution in [0.15, 0.2) is 0 Å². The summed E-state index contributed by atoms with van der Waals surface area (Å²) in [5.74, 6) is 0. The predicted octanol–water partition coefficient (Wildman–Crippen LogP) is 0.284. The standard InChI is InChI=1S/C11H24N2O3S/c1-4-13(17(3,14)15)7-5-6-12-8-11(2)9-16-10-11/h12H,4-10H2,1-3H3. The van der Waals surface area contributed by atoms with Crippen LogP contribution in [0.4, 0.5) is 0 Å². The van der Waals surface area contributed by atoms with Gasteiger partial charge < -0.3 is 10.1 Å². The summed E-state index contributed by atoms with van der Waals surface area (Å²) in [5, 5.41) is 3.36. The molecular formula is C11H24N2O3S. The van der Waals surface area contributed by atoms with E-state index in [0.29, 0.717) is 13.1 Å². The summed E-state index contributed by atoms with van der Waals surface area (Å²) in [4.78, 5) is 0. The van der Waals surface area contributed by atoms with Crippen molar-refractivity contribution in [2.75, 3.05) is 45.6 Å².